The van der Waals surface area contributed by atoms with E-state index in [1.807, 2.05) is 59.3 Å². The van der Waals surface area contributed by atoms with Crippen LogP contribution >= 0.6 is 0 Å². The number of phenolic OH excluding ortho intramolecular Hbond substituents is 1. The Balaban J connectivity index is 1.58. The highest BCUT2D eigenvalue weighted by molar-refractivity contribution is 5.86. The van der Waals surface area contributed by atoms with E-state index < -0.39 is 4.92 Å². The number of benzene rings is 2. The van der Waals surface area contributed by atoms with Crippen LogP contribution in [0.4, 0.5) is 11.4 Å². The van der Waals surface area contributed by atoms with Crippen molar-refractivity contribution in [2.75, 3.05) is 0 Å². The fraction of sp³-hybridized carbons (Fsp3) is 0. The van der Waals surface area contributed by atoms with Crippen LogP contribution < -0.4 is 0 Å². The van der Waals surface area contributed by atoms with Crippen LogP contribution in [0, 0.1) is 10.1 Å². The molecule has 0 aliphatic rings. The lowest BCUT2D eigenvalue weighted by Gasteiger charge is -2.00. The summed E-state index contributed by atoms with van der Waals surface area (Å²) in [7, 11) is 0. The van der Waals surface area contributed by atoms with E-state index in [4.69, 9.17) is 0 Å². The van der Waals surface area contributed by atoms with Crippen LogP contribution in [0.15, 0.2) is 78.0 Å². The number of rotatable bonds is 4. The fourth-order valence-corrected chi connectivity index (χ4v) is 2.69. The minimum atomic E-state index is -0.513. The molecule has 2 aromatic heterocycles. The van der Waals surface area contributed by atoms with Crippen molar-refractivity contribution in [3.8, 4) is 17.0 Å². The molecule has 0 saturated carbocycles. The second-order valence-corrected chi connectivity index (χ2v) is 5.90. The van der Waals surface area contributed by atoms with Gasteiger partial charge in [0.15, 0.2) is 0 Å². The second-order valence-electron chi connectivity index (χ2n) is 5.90. The van der Waals surface area contributed by atoms with Crippen LogP contribution in [0.25, 0.3) is 16.9 Å². The van der Waals surface area contributed by atoms with Gasteiger partial charge >= 0.3 is 0 Å². The number of nitrogens with zero attached hydrogens (tertiary/aromatic N) is 4. The van der Waals surface area contributed by atoms with Crippen LogP contribution in [0.2, 0.25) is 0 Å². The number of aromatic hydroxyl groups is 1. The van der Waals surface area contributed by atoms with Crippen LogP contribution in [-0.4, -0.2) is 25.6 Å². The van der Waals surface area contributed by atoms with Crippen molar-refractivity contribution in [3.63, 3.8) is 0 Å². The molecule has 0 aliphatic carbocycles. The van der Waals surface area contributed by atoms with Gasteiger partial charge in [-0.3, -0.25) is 15.1 Å². The molecule has 4 rings (SSSR count). The molecule has 7 heteroatoms. The zero-order valence-electron chi connectivity index (χ0n) is 14.1. The Labute approximate surface area is 154 Å². The Morgan fingerprint density at radius 1 is 1.11 bits per heavy atom. The molecule has 0 spiro atoms. The van der Waals surface area contributed by atoms with Crippen LogP contribution in [0.3, 0.4) is 0 Å². The van der Waals surface area contributed by atoms with Crippen molar-refractivity contribution in [1.82, 2.24) is 9.38 Å². The average molecular weight is 358 g/mol. The third-order valence-electron chi connectivity index (χ3n) is 4.10. The number of nitro benzene ring substituents is 1. The third kappa shape index (κ3) is 3.38. The number of aliphatic imine (C=N–C) groups is 1. The van der Waals surface area contributed by atoms with E-state index in [1.165, 1.54) is 24.4 Å². The molecule has 0 aliphatic heterocycles. The molecular weight excluding hydrogens is 344 g/mol. The largest absolute Gasteiger partial charge is 0.507 e. The molecule has 0 atom stereocenters. The van der Waals surface area contributed by atoms with Crippen molar-refractivity contribution < 1.29 is 10.0 Å². The number of phenols is 1. The first kappa shape index (κ1) is 16.5. The Bertz CT molecular complexity index is 1130. The predicted octanol–water partition coefficient (Wildman–Crippen LogP) is 4.37. The number of fused-ring (bicyclic) bond motifs is 1. The maximum absolute atomic E-state index is 10.8. The first-order valence-corrected chi connectivity index (χ1v) is 8.16. The van der Waals surface area contributed by atoms with Crippen LogP contribution in [-0.2, 0) is 0 Å². The second kappa shape index (κ2) is 6.72. The van der Waals surface area contributed by atoms with Gasteiger partial charge in [0, 0.05) is 41.9 Å². The van der Waals surface area contributed by atoms with E-state index in [2.05, 4.69) is 9.98 Å². The quantitative estimate of drug-likeness (QED) is 0.333. The number of aromatic nitrogens is 2. The van der Waals surface area contributed by atoms with Crippen molar-refractivity contribution in [3.05, 3.63) is 88.7 Å². The molecule has 0 saturated heterocycles. The molecule has 4 aromatic rings. The highest BCUT2D eigenvalue weighted by atomic mass is 16.6. The number of pyridine rings is 1. The van der Waals surface area contributed by atoms with Gasteiger partial charge < -0.3 is 9.51 Å². The monoisotopic (exact) mass is 358 g/mol. The molecule has 0 fully saturated rings. The number of nitro groups is 1. The molecular formula is C20H14N4O3. The van der Waals surface area contributed by atoms with E-state index in [0.29, 0.717) is 5.69 Å². The maximum Gasteiger partial charge on any atom is 0.270 e. The molecule has 0 radical (unpaired) electrons. The molecule has 1 N–H and O–H groups in total. The fourth-order valence-electron chi connectivity index (χ4n) is 2.69. The molecule has 27 heavy (non-hydrogen) atoms. The predicted molar refractivity (Wildman–Crippen MR) is 103 cm³/mol. The van der Waals surface area contributed by atoms with Crippen molar-refractivity contribution >= 4 is 23.2 Å². The number of hydrogen-bond donors (Lipinski definition) is 1. The summed E-state index contributed by atoms with van der Waals surface area (Å²) < 4.78 is 1.95. The van der Waals surface area contributed by atoms with Gasteiger partial charge in [0.05, 0.1) is 16.3 Å². The molecule has 0 amide bonds. The maximum atomic E-state index is 10.8. The lowest BCUT2D eigenvalue weighted by atomic mass is 10.1. The Hall–Kier alpha value is -4.00. The summed E-state index contributed by atoms with van der Waals surface area (Å²) in [6, 6.07) is 17.1. The van der Waals surface area contributed by atoms with Gasteiger partial charge in [0.1, 0.15) is 11.4 Å². The van der Waals surface area contributed by atoms with Crippen molar-refractivity contribution in [1.29, 1.82) is 0 Å². The number of non-ortho nitro benzene ring substituents is 1. The molecule has 2 heterocycles. The topological polar surface area (TPSA) is 93.0 Å². The number of imidazole rings is 1. The molecule has 0 unspecified atom stereocenters. The Morgan fingerprint density at radius 2 is 1.93 bits per heavy atom. The van der Waals surface area contributed by atoms with Gasteiger partial charge in [-0.1, -0.05) is 18.2 Å². The SMILES string of the molecule is O=[N+]([O-])c1ccc(O)c(C=Nc2ccc(-c3cn4ccccc4n3)cc2)c1. The first-order chi connectivity index (χ1) is 13.1. The molecule has 7 nitrogen and oxygen atoms in total. The van der Waals surface area contributed by atoms with Crippen LogP contribution in [0.5, 0.6) is 5.75 Å². The zero-order chi connectivity index (χ0) is 18.8. The van der Waals surface area contributed by atoms with Gasteiger partial charge in [-0.25, -0.2) is 4.98 Å². The van der Waals surface area contributed by atoms with Gasteiger partial charge in [-0.2, -0.15) is 0 Å². The van der Waals surface area contributed by atoms with Gasteiger partial charge in [-0.05, 0) is 30.3 Å². The Morgan fingerprint density at radius 3 is 2.67 bits per heavy atom. The molecule has 2 aromatic carbocycles. The van der Waals surface area contributed by atoms with Gasteiger partial charge in [0.2, 0.25) is 0 Å². The minimum Gasteiger partial charge on any atom is -0.507 e. The summed E-state index contributed by atoms with van der Waals surface area (Å²) in [6.45, 7) is 0. The Kier molecular flexibility index (Phi) is 4.10. The van der Waals surface area contributed by atoms with E-state index in [-0.39, 0.29) is 17.0 Å². The smallest absolute Gasteiger partial charge is 0.270 e. The molecule has 0 bridgehead atoms. The third-order valence-corrected chi connectivity index (χ3v) is 4.10. The van der Waals surface area contributed by atoms with Crippen molar-refractivity contribution in [2.24, 2.45) is 4.99 Å². The summed E-state index contributed by atoms with van der Waals surface area (Å²) >= 11 is 0. The normalized spacial score (nSPS) is 11.3. The summed E-state index contributed by atoms with van der Waals surface area (Å²) in [4.78, 5) is 19.2. The lowest BCUT2D eigenvalue weighted by molar-refractivity contribution is -0.384. The summed E-state index contributed by atoms with van der Waals surface area (Å²) in [5.74, 6) is -0.0642. The zero-order valence-corrected chi connectivity index (χ0v) is 14.1. The van der Waals surface area contributed by atoms with Gasteiger partial charge in [0.25, 0.3) is 5.69 Å². The van der Waals surface area contributed by atoms with E-state index in [9.17, 15) is 15.2 Å². The highest BCUT2D eigenvalue weighted by Gasteiger charge is 2.09. The highest BCUT2D eigenvalue weighted by Crippen LogP contribution is 2.24. The first-order valence-electron chi connectivity index (χ1n) is 8.16. The summed E-state index contributed by atoms with van der Waals surface area (Å²) in [5.41, 5.74) is 3.53. The standard InChI is InChI=1S/C20H14N4O3/c25-19-9-8-17(24(26)27)11-15(19)12-21-16-6-4-14(5-7-16)18-13-23-10-2-1-3-20(23)22-18/h1-13,25H. The van der Waals surface area contributed by atoms with Crippen LogP contribution in [0.1, 0.15) is 5.56 Å². The van der Waals surface area contributed by atoms with E-state index >= 15 is 0 Å². The number of hydrogen-bond acceptors (Lipinski definition) is 5. The average Bonchev–Trinajstić information content (AvgIpc) is 3.12. The molecule has 132 valence electrons. The van der Waals surface area contributed by atoms with Crippen molar-refractivity contribution in [2.45, 2.75) is 0 Å². The minimum absolute atomic E-state index is 0.0642. The van der Waals surface area contributed by atoms with E-state index in [0.717, 1.165) is 16.9 Å². The van der Waals surface area contributed by atoms with Gasteiger partial charge in [-0.15, -0.1) is 0 Å². The lowest BCUT2D eigenvalue weighted by Crippen LogP contribution is -1.90. The van der Waals surface area contributed by atoms with E-state index in [1.54, 1.807) is 0 Å². The summed E-state index contributed by atoms with van der Waals surface area (Å²) in [6.07, 6.45) is 5.30. The summed E-state index contributed by atoms with van der Waals surface area (Å²) in [5, 5.41) is 20.7.